The summed E-state index contributed by atoms with van der Waals surface area (Å²) in [5, 5.41) is 12.8. The number of ether oxygens (including phenoxy) is 2. The summed E-state index contributed by atoms with van der Waals surface area (Å²) in [6.45, 7) is 9.04. The van der Waals surface area contributed by atoms with Crippen LogP contribution in [-0.4, -0.2) is 34.3 Å². The number of amides is 1. The lowest BCUT2D eigenvalue weighted by Crippen LogP contribution is -2.33. The molecule has 1 aliphatic rings. The van der Waals surface area contributed by atoms with Crippen molar-refractivity contribution in [3.05, 3.63) is 51.4 Å². The van der Waals surface area contributed by atoms with E-state index in [2.05, 4.69) is 37.1 Å². The summed E-state index contributed by atoms with van der Waals surface area (Å²) in [4.78, 5) is 18.6. The van der Waals surface area contributed by atoms with Gasteiger partial charge in [0.25, 0.3) is 5.91 Å². The molecule has 4 aromatic rings. The first-order chi connectivity index (χ1) is 16.2. The summed E-state index contributed by atoms with van der Waals surface area (Å²) >= 11 is 3.19. The fourth-order valence-corrected chi connectivity index (χ4v) is 5.32. The Bertz CT molecular complexity index is 1360. The number of fused-ring (bicyclic) bond motifs is 3. The number of hydrogen-bond donors (Lipinski definition) is 1. The Kier molecular flexibility index (Phi) is 5.69. The van der Waals surface area contributed by atoms with Gasteiger partial charge in [-0.3, -0.25) is 4.79 Å². The van der Waals surface area contributed by atoms with E-state index in [1.54, 1.807) is 29.8 Å². The van der Waals surface area contributed by atoms with Crippen molar-refractivity contribution in [1.82, 2.24) is 20.1 Å². The fourth-order valence-electron chi connectivity index (χ4n) is 3.90. The van der Waals surface area contributed by atoms with Crippen LogP contribution in [0.1, 0.15) is 41.8 Å². The molecule has 4 heterocycles. The van der Waals surface area contributed by atoms with E-state index < -0.39 is 0 Å². The molecule has 176 valence electrons. The molecule has 0 aliphatic carbocycles. The van der Waals surface area contributed by atoms with Crippen molar-refractivity contribution in [2.24, 2.45) is 5.41 Å². The third-order valence-corrected chi connectivity index (χ3v) is 7.16. The molecule has 0 saturated carbocycles. The van der Waals surface area contributed by atoms with Crippen LogP contribution in [-0.2, 0) is 6.61 Å². The predicted octanol–water partition coefficient (Wildman–Crippen LogP) is 5.71. The summed E-state index contributed by atoms with van der Waals surface area (Å²) < 4.78 is 13.7. The maximum absolute atomic E-state index is 13.2. The van der Waals surface area contributed by atoms with Gasteiger partial charge in [0.05, 0.1) is 28.4 Å². The van der Waals surface area contributed by atoms with Gasteiger partial charge in [0, 0.05) is 40.9 Å². The minimum Gasteiger partial charge on any atom is -0.496 e. The molecule has 3 aromatic heterocycles. The van der Waals surface area contributed by atoms with Crippen molar-refractivity contribution in [3.8, 4) is 38.9 Å². The average Bonchev–Trinajstić information content (AvgIpc) is 3.55. The molecule has 34 heavy (non-hydrogen) atoms. The third-order valence-electron chi connectivity index (χ3n) is 5.54. The summed E-state index contributed by atoms with van der Waals surface area (Å²) in [7, 11) is 1.65. The molecule has 9 heteroatoms. The van der Waals surface area contributed by atoms with Gasteiger partial charge in [-0.05, 0) is 29.9 Å². The van der Waals surface area contributed by atoms with Gasteiger partial charge >= 0.3 is 0 Å². The van der Waals surface area contributed by atoms with Crippen LogP contribution in [0, 0.1) is 12.3 Å². The molecular weight excluding hydrogens is 468 g/mol. The average molecular weight is 495 g/mol. The summed E-state index contributed by atoms with van der Waals surface area (Å²) in [5.74, 6) is 1.22. The van der Waals surface area contributed by atoms with Gasteiger partial charge in [-0.15, -0.1) is 11.3 Å². The lowest BCUT2D eigenvalue weighted by molar-refractivity contribution is 0.0931. The topological polar surface area (TPSA) is 78.3 Å². The molecular formula is C25H26N4O3S2. The number of rotatable bonds is 5. The minimum atomic E-state index is -0.195. The van der Waals surface area contributed by atoms with Crippen molar-refractivity contribution in [1.29, 1.82) is 0 Å². The number of thiophene rings is 1. The molecule has 0 radical (unpaired) electrons. The highest BCUT2D eigenvalue weighted by Gasteiger charge is 2.32. The van der Waals surface area contributed by atoms with E-state index in [0.29, 0.717) is 18.0 Å². The molecule has 1 aliphatic heterocycles. The SMILES string of the molecule is COc1cc2c(cc1-c1cnc(C)s1)-c1c(c(C(=O)NCC(C)(C)C)nn1-c1ccsc1)CO2. The van der Waals surface area contributed by atoms with Crippen molar-refractivity contribution in [3.63, 3.8) is 0 Å². The number of benzene rings is 1. The maximum Gasteiger partial charge on any atom is 0.272 e. The predicted molar refractivity (Wildman–Crippen MR) is 135 cm³/mol. The number of carbonyl (C=O) groups is 1. The van der Waals surface area contributed by atoms with Gasteiger partial charge in [-0.1, -0.05) is 20.8 Å². The molecule has 0 unspecified atom stereocenters. The van der Waals surface area contributed by atoms with Crippen LogP contribution in [0.4, 0.5) is 0 Å². The van der Waals surface area contributed by atoms with Gasteiger partial charge in [-0.2, -0.15) is 16.4 Å². The van der Waals surface area contributed by atoms with Crippen LogP contribution >= 0.6 is 22.7 Å². The second-order valence-electron chi connectivity index (χ2n) is 9.39. The molecule has 0 atom stereocenters. The molecule has 7 nitrogen and oxygen atoms in total. The summed E-state index contributed by atoms with van der Waals surface area (Å²) in [5.41, 5.74) is 4.72. The van der Waals surface area contributed by atoms with E-state index in [-0.39, 0.29) is 17.9 Å². The highest BCUT2D eigenvalue weighted by atomic mass is 32.1. The normalized spacial score (nSPS) is 12.6. The standard InChI is InChI=1S/C25H26N4O3S2/c1-14-26-10-21(34-14)16-8-17-20(9-19(16)31-5)32-11-18-22(24(30)27-13-25(2,3)4)28-29(23(17)18)15-6-7-33-12-15/h6-10,12H,11,13H2,1-5H3,(H,27,30). The largest absolute Gasteiger partial charge is 0.496 e. The summed E-state index contributed by atoms with van der Waals surface area (Å²) in [6, 6.07) is 5.97. The molecule has 0 saturated heterocycles. The minimum absolute atomic E-state index is 0.0346. The maximum atomic E-state index is 13.2. The first kappa shape index (κ1) is 22.6. The number of carbonyl (C=O) groups excluding carboxylic acids is 1. The highest BCUT2D eigenvalue weighted by Crippen LogP contribution is 2.46. The summed E-state index contributed by atoms with van der Waals surface area (Å²) in [6.07, 6.45) is 1.86. The molecule has 5 rings (SSSR count). The first-order valence-electron chi connectivity index (χ1n) is 11.0. The molecule has 1 amide bonds. The molecule has 0 bridgehead atoms. The van der Waals surface area contributed by atoms with Crippen molar-refractivity contribution in [2.75, 3.05) is 13.7 Å². The molecule has 1 N–H and O–H groups in total. The number of nitrogens with one attached hydrogen (secondary N) is 1. The molecule has 1 aromatic carbocycles. The van der Waals surface area contributed by atoms with Crippen molar-refractivity contribution in [2.45, 2.75) is 34.3 Å². The zero-order chi connectivity index (χ0) is 24.0. The Morgan fingerprint density at radius 1 is 1.29 bits per heavy atom. The van der Waals surface area contributed by atoms with Crippen LogP contribution in [0.5, 0.6) is 11.5 Å². The van der Waals surface area contributed by atoms with Gasteiger partial charge in [0.15, 0.2) is 5.69 Å². The van der Waals surface area contributed by atoms with Crippen molar-refractivity contribution >= 4 is 28.6 Å². The van der Waals surface area contributed by atoms with Crippen molar-refractivity contribution < 1.29 is 14.3 Å². The van der Waals surface area contributed by atoms with E-state index in [0.717, 1.165) is 43.7 Å². The number of nitrogens with zero attached hydrogens (tertiary/aromatic N) is 3. The van der Waals surface area contributed by atoms with E-state index in [9.17, 15) is 4.79 Å². The lowest BCUT2D eigenvalue weighted by Gasteiger charge is -2.22. The Hall–Kier alpha value is -3.17. The number of methoxy groups -OCH3 is 1. The third kappa shape index (κ3) is 4.10. The first-order valence-corrected chi connectivity index (χ1v) is 12.7. The zero-order valence-corrected chi connectivity index (χ0v) is 21.4. The Balaban J connectivity index is 1.68. The van der Waals surface area contributed by atoms with Gasteiger partial charge in [0.2, 0.25) is 0 Å². The Labute approximate surface area is 206 Å². The number of thiazole rings is 1. The highest BCUT2D eigenvalue weighted by molar-refractivity contribution is 7.15. The number of aryl methyl sites for hydroxylation is 1. The number of hydrogen-bond acceptors (Lipinski definition) is 7. The lowest BCUT2D eigenvalue weighted by atomic mass is 9.96. The fraction of sp³-hybridized carbons (Fsp3) is 0.320. The second-order valence-corrected chi connectivity index (χ2v) is 11.4. The quantitative estimate of drug-likeness (QED) is 0.384. The van der Waals surface area contributed by atoms with Gasteiger partial charge in [-0.25, -0.2) is 9.67 Å². The molecule has 0 fully saturated rings. The molecule has 0 spiro atoms. The van der Waals surface area contributed by atoms with Crippen LogP contribution in [0.15, 0.2) is 35.2 Å². The Morgan fingerprint density at radius 3 is 2.76 bits per heavy atom. The second kappa shape index (κ2) is 8.56. The monoisotopic (exact) mass is 494 g/mol. The Morgan fingerprint density at radius 2 is 2.12 bits per heavy atom. The van der Waals surface area contributed by atoms with E-state index >= 15 is 0 Å². The number of aromatic nitrogens is 3. The van der Waals surface area contributed by atoms with Crippen LogP contribution < -0.4 is 14.8 Å². The van der Waals surface area contributed by atoms with Crippen LogP contribution in [0.2, 0.25) is 0 Å². The van der Waals surface area contributed by atoms with Crippen LogP contribution in [0.3, 0.4) is 0 Å². The van der Waals surface area contributed by atoms with Gasteiger partial charge in [0.1, 0.15) is 18.1 Å². The smallest absolute Gasteiger partial charge is 0.272 e. The van der Waals surface area contributed by atoms with E-state index in [4.69, 9.17) is 14.6 Å². The van der Waals surface area contributed by atoms with Crippen LogP contribution in [0.25, 0.3) is 27.4 Å². The van der Waals surface area contributed by atoms with Gasteiger partial charge < -0.3 is 14.8 Å². The van der Waals surface area contributed by atoms with E-state index in [1.165, 1.54) is 0 Å². The zero-order valence-electron chi connectivity index (χ0n) is 19.8. The van der Waals surface area contributed by atoms with E-state index in [1.807, 2.05) is 40.7 Å².